The Kier molecular flexibility index (Phi) is 10.3. The molecule has 0 aliphatic rings. The lowest BCUT2D eigenvalue weighted by molar-refractivity contribution is -0.117. The minimum atomic E-state index is -0.0155. The Morgan fingerprint density at radius 2 is 2.00 bits per heavy atom. The third-order valence-corrected chi connectivity index (χ3v) is 2.71. The van der Waals surface area contributed by atoms with Gasteiger partial charge in [-0.2, -0.15) is 5.26 Å². The molecule has 0 saturated heterocycles. The molecular weight excluding hydrogens is 212 g/mol. The van der Waals surface area contributed by atoms with Gasteiger partial charge in [0.2, 0.25) is 5.91 Å². The second-order valence-corrected chi connectivity index (χ2v) is 4.14. The summed E-state index contributed by atoms with van der Waals surface area (Å²) in [5.41, 5.74) is 0.847. The smallest absolute Gasteiger partial charge is 0.246 e. The highest BCUT2D eigenvalue weighted by molar-refractivity contribution is 5.93. The van der Waals surface area contributed by atoms with Gasteiger partial charge in [0.05, 0.1) is 12.5 Å². The molecule has 96 valence electrons. The van der Waals surface area contributed by atoms with Crippen LogP contribution >= 0.6 is 0 Å². The van der Waals surface area contributed by atoms with E-state index < -0.39 is 0 Å². The Bertz CT molecular complexity index is 276. The summed E-state index contributed by atoms with van der Waals surface area (Å²) in [5, 5.41) is 11.1. The van der Waals surface area contributed by atoms with Gasteiger partial charge in [-0.15, -0.1) is 0 Å². The molecule has 17 heavy (non-hydrogen) atoms. The highest BCUT2D eigenvalue weighted by Gasteiger charge is 2.06. The fraction of sp³-hybridized carbons (Fsp3) is 0.714. The summed E-state index contributed by atoms with van der Waals surface area (Å²) in [6, 6.07) is 2.01. The fourth-order valence-corrected chi connectivity index (χ4v) is 1.65. The maximum absolute atomic E-state index is 11.7. The Labute approximate surface area is 105 Å². The van der Waals surface area contributed by atoms with Crippen molar-refractivity contribution in [2.75, 3.05) is 6.54 Å². The fourth-order valence-electron chi connectivity index (χ4n) is 1.65. The van der Waals surface area contributed by atoms with Gasteiger partial charge in [0.1, 0.15) is 0 Å². The number of rotatable bonds is 9. The zero-order valence-corrected chi connectivity index (χ0v) is 11.1. The minimum absolute atomic E-state index is 0.0155. The van der Waals surface area contributed by atoms with Crippen LogP contribution < -0.4 is 5.32 Å². The average molecular weight is 236 g/mol. The van der Waals surface area contributed by atoms with Crippen molar-refractivity contribution < 1.29 is 4.79 Å². The van der Waals surface area contributed by atoms with Crippen molar-refractivity contribution >= 4 is 5.91 Å². The zero-order chi connectivity index (χ0) is 12.9. The summed E-state index contributed by atoms with van der Waals surface area (Å²) >= 11 is 0. The monoisotopic (exact) mass is 236 g/mol. The number of unbranched alkanes of at least 4 members (excludes halogenated alkanes) is 4. The van der Waals surface area contributed by atoms with Gasteiger partial charge >= 0.3 is 0 Å². The number of nitriles is 1. The molecule has 1 N–H and O–H groups in total. The van der Waals surface area contributed by atoms with E-state index in [9.17, 15) is 4.79 Å². The Hall–Kier alpha value is -1.30. The van der Waals surface area contributed by atoms with Crippen LogP contribution in [0.2, 0.25) is 0 Å². The molecule has 3 heteroatoms. The summed E-state index contributed by atoms with van der Waals surface area (Å²) in [5.74, 6) is -0.0155. The molecule has 0 bridgehead atoms. The van der Waals surface area contributed by atoms with Crippen molar-refractivity contribution in [3.05, 3.63) is 11.6 Å². The zero-order valence-electron chi connectivity index (χ0n) is 11.1. The van der Waals surface area contributed by atoms with E-state index in [2.05, 4.69) is 12.2 Å². The highest BCUT2D eigenvalue weighted by Crippen LogP contribution is 2.11. The van der Waals surface area contributed by atoms with Gasteiger partial charge < -0.3 is 5.32 Å². The first-order valence-electron chi connectivity index (χ1n) is 6.56. The van der Waals surface area contributed by atoms with E-state index in [1.807, 2.05) is 19.1 Å². The second-order valence-electron chi connectivity index (χ2n) is 4.14. The van der Waals surface area contributed by atoms with Crippen molar-refractivity contribution in [2.45, 2.75) is 58.8 Å². The minimum Gasteiger partial charge on any atom is -0.351 e. The van der Waals surface area contributed by atoms with E-state index >= 15 is 0 Å². The van der Waals surface area contributed by atoms with Gasteiger partial charge in [-0.1, -0.05) is 38.7 Å². The lowest BCUT2D eigenvalue weighted by Gasteiger charge is -2.07. The molecule has 0 aliphatic carbocycles. The standard InChI is InChI=1S/C14H24N2O/c1-3-5-6-7-8-10-13(4-2)14(17)16-12-9-11-15/h4H,3,5-10,12H2,1-2H3,(H,16,17). The number of hydrogen-bond acceptors (Lipinski definition) is 2. The topological polar surface area (TPSA) is 52.9 Å². The average Bonchev–Trinajstić information content (AvgIpc) is 2.34. The van der Waals surface area contributed by atoms with Gasteiger partial charge in [0.25, 0.3) is 0 Å². The van der Waals surface area contributed by atoms with E-state index in [0.717, 1.165) is 18.4 Å². The molecule has 1 amide bonds. The number of hydrogen-bond donors (Lipinski definition) is 1. The third-order valence-electron chi connectivity index (χ3n) is 2.71. The van der Waals surface area contributed by atoms with Gasteiger partial charge in [-0.3, -0.25) is 4.79 Å². The van der Waals surface area contributed by atoms with Gasteiger partial charge in [-0.05, 0) is 19.8 Å². The van der Waals surface area contributed by atoms with Crippen LogP contribution in [-0.4, -0.2) is 12.5 Å². The van der Waals surface area contributed by atoms with Crippen LogP contribution in [0.4, 0.5) is 0 Å². The predicted octanol–water partition coefficient (Wildman–Crippen LogP) is 3.32. The maximum atomic E-state index is 11.7. The SMILES string of the molecule is CC=C(CCCCCCC)C(=O)NCCC#N. The van der Waals surface area contributed by atoms with Crippen LogP contribution in [-0.2, 0) is 4.79 Å². The number of nitrogens with one attached hydrogen (secondary N) is 1. The van der Waals surface area contributed by atoms with Crippen LogP contribution in [0, 0.1) is 11.3 Å². The van der Waals surface area contributed by atoms with Crippen molar-refractivity contribution in [1.29, 1.82) is 5.26 Å². The van der Waals surface area contributed by atoms with Crippen molar-refractivity contribution in [2.24, 2.45) is 0 Å². The lowest BCUT2D eigenvalue weighted by atomic mass is 10.0. The molecule has 0 fully saturated rings. The molecule has 0 spiro atoms. The molecular formula is C14H24N2O. The van der Waals surface area contributed by atoms with Crippen molar-refractivity contribution in [1.82, 2.24) is 5.32 Å². The van der Waals surface area contributed by atoms with Crippen LogP contribution in [0.3, 0.4) is 0 Å². The molecule has 0 radical (unpaired) electrons. The number of carbonyl (C=O) groups is 1. The summed E-state index contributed by atoms with van der Waals surface area (Å²) < 4.78 is 0. The molecule has 0 unspecified atom stereocenters. The quantitative estimate of drug-likeness (QED) is 0.493. The predicted molar refractivity (Wildman–Crippen MR) is 70.4 cm³/mol. The van der Waals surface area contributed by atoms with Crippen LogP contribution in [0.5, 0.6) is 0 Å². The molecule has 0 heterocycles. The Morgan fingerprint density at radius 3 is 2.59 bits per heavy atom. The van der Waals surface area contributed by atoms with Gasteiger partial charge in [-0.25, -0.2) is 0 Å². The van der Waals surface area contributed by atoms with Crippen molar-refractivity contribution in [3.8, 4) is 6.07 Å². The van der Waals surface area contributed by atoms with E-state index in [0.29, 0.717) is 13.0 Å². The Morgan fingerprint density at radius 1 is 1.29 bits per heavy atom. The summed E-state index contributed by atoms with van der Waals surface area (Å²) in [4.78, 5) is 11.7. The summed E-state index contributed by atoms with van der Waals surface area (Å²) in [6.07, 6.45) is 9.13. The molecule has 0 aromatic carbocycles. The van der Waals surface area contributed by atoms with E-state index in [-0.39, 0.29) is 5.91 Å². The van der Waals surface area contributed by atoms with Crippen molar-refractivity contribution in [3.63, 3.8) is 0 Å². The third kappa shape index (κ3) is 8.50. The van der Waals surface area contributed by atoms with Gasteiger partial charge in [0.15, 0.2) is 0 Å². The summed E-state index contributed by atoms with van der Waals surface area (Å²) in [6.45, 7) is 4.54. The molecule has 0 aliphatic heterocycles. The molecule has 0 rings (SSSR count). The maximum Gasteiger partial charge on any atom is 0.246 e. The second kappa shape index (κ2) is 11.2. The lowest BCUT2D eigenvalue weighted by Crippen LogP contribution is -2.25. The van der Waals surface area contributed by atoms with E-state index in [4.69, 9.17) is 5.26 Å². The number of amides is 1. The van der Waals surface area contributed by atoms with E-state index in [1.165, 1.54) is 25.7 Å². The molecule has 0 aromatic heterocycles. The number of allylic oxidation sites excluding steroid dienone is 1. The van der Waals surface area contributed by atoms with Crippen LogP contribution in [0.15, 0.2) is 11.6 Å². The molecule has 0 atom stereocenters. The summed E-state index contributed by atoms with van der Waals surface area (Å²) in [7, 11) is 0. The first-order valence-corrected chi connectivity index (χ1v) is 6.56. The van der Waals surface area contributed by atoms with Crippen LogP contribution in [0.1, 0.15) is 58.8 Å². The molecule has 3 nitrogen and oxygen atoms in total. The van der Waals surface area contributed by atoms with Crippen LogP contribution in [0.25, 0.3) is 0 Å². The first kappa shape index (κ1) is 15.7. The largest absolute Gasteiger partial charge is 0.351 e. The Balaban J connectivity index is 3.76. The normalized spacial score (nSPS) is 11.0. The first-order chi connectivity index (χ1) is 8.26. The van der Waals surface area contributed by atoms with Gasteiger partial charge in [0, 0.05) is 12.1 Å². The van der Waals surface area contributed by atoms with E-state index in [1.54, 1.807) is 0 Å². The molecule has 0 saturated carbocycles. The number of nitrogens with zero attached hydrogens (tertiary/aromatic N) is 1. The molecule has 0 aromatic rings. The highest BCUT2D eigenvalue weighted by atomic mass is 16.1. The number of carbonyl (C=O) groups excluding carboxylic acids is 1.